The Morgan fingerprint density at radius 1 is 1.56 bits per heavy atom. The third-order valence-corrected chi connectivity index (χ3v) is 3.72. The fraction of sp³-hybridized carbons (Fsp3) is 0.538. The average molecular weight is 220 g/mol. The first-order valence-corrected chi connectivity index (χ1v) is 5.56. The molecule has 1 saturated carbocycles. The second-order valence-electron chi connectivity index (χ2n) is 4.77. The summed E-state index contributed by atoms with van der Waals surface area (Å²) in [7, 11) is 1.38. The molecule has 0 aromatic carbocycles. The summed E-state index contributed by atoms with van der Waals surface area (Å²) in [5.74, 6) is -0.0750. The van der Waals surface area contributed by atoms with Crippen molar-refractivity contribution in [1.29, 1.82) is 0 Å². The number of hydrogen-bond donors (Lipinski definition) is 0. The van der Waals surface area contributed by atoms with E-state index in [9.17, 15) is 9.59 Å². The molecule has 86 valence electrons. The van der Waals surface area contributed by atoms with Gasteiger partial charge in [0.1, 0.15) is 5.78 Å². The maximum Gasteiger partial charge on any atom is 0.334 e. The number of carbonyl (C=O) groups is 2. The summed E-state index contributed by atoms with van der Waals surface area (Å²) >= 11 is 0. The van der Waals surface area contributed by atoms with Gasteiger partial charge in [0.15, 0.2) is 0 Å². The molecule has 2 rings (SSSR count). The second-order valence-corrected chi connectivity index (χ2v) is 4.77. The zero-order valence-electron chi connectivity index (χ0n) is 9.66. The van der Waals surface area contributed by atoms with Gasteiger partial charge in [0.2, 0.25) is 0 Å². The highest BCUT2D eigenvalue weighted by Crippen LogP contribution is 2.46. The molecule has 0 bridgehead atoms. The first kappa shape index (κ1) is 11.1. The van der Waals surface area contributed by atoms with Crippen LogP contribution in [0.25, 0.3) is 0 Å². The molecule has 1 fully saturated rings. The predicted molar refractivity (Wildman–Crippen MR) is 59.7 cm³/mol. The van der Waals surface area contributed by atoms with Crippen LogP contribution in [0.2, 0.25) is 0 Å². The van der Waals surface area contributed by atoms with Gasteiger partial charge in [-0.1, -0.05) is 25.2 Å². The van der Waals surface area contributed by atoms with Crippen LogP contribution in [0.1, 0.15) is 26.2 Å². The van der Waals surface area contributed by atoms with Gasteiger partial charge in [-0.2, -0.15) is 0 Å². The van der Waals surface area contributed by atoms with Crippen LogP contribution in [0.15, 0.2) is 23.8 Å². The Bertz CT molecular complexity index is 392. The number of esters is 1. The van der Waals surface area contributed by atoms with Crippen LogP contribution in [0.3, 0.4) is 0 Å². The van der Waals surface area contributed by atoms with Gasteiger partial charge in [0.25, 0.3) is 0 Å². The lowest BCUT2D eigenvalue weighted by atomic mass is 9.62. The van der Waals surface area contributed by atoms with Crippen molar-refractivity contribution in [3.8, 4) is 0 Å². The van der Waals surface area contributed by atoms with Crippen LogP contribution >= 0.6 is 0 Å². The Morgan fingerprint density at radius 3 is 3.00 bits per heavy atom. The van der Waals surface area contributed by atoms with E-state index < -0.39 is 0 Å². The Balaban J connectivity index is 2.33. The lowest BCUT2D eigenvalue weighted by Gasteiger charge is -2.41. The molecule has 2 atom stereocenters. The summed E-state index contributed by atoms with van der Waals surface area (Å²) in [5, 5.41) is 0. The van der Waals surface area contributed by atoms with Gasteiger partial charge in [0.05, 0.1) is 7.11 Å². The summed E-state index contributed by atoms with van der Waals surface area (Å²) < 4.78 is 4.77. The van der Waals surface area contributed by atoms with Crippen molar-refractivity contribution in [3.05, 3.63) is 23.8 Å². The molecule has 0 aromatic heterocycles. The number of allylic oxidation sites excluding steroid dienone is 3. The quantitative estimate of drug-likeness (QED) is 0.635. The molecule has 2 aliphatic carbocycles. The van der Waals surface area contributed by atoms with Crippen LogP contribution < -0.4 is 0 Å². The minimum atomic E-state index is -0.310. The lowest BCUT2D eigenvalue weighted by molar-refractivity contribution is -0.137. The number of ether oxygens (including phenoxy) is 1. The molecule has 0 spiro atoms. The molecule has 0 heterocycles. The first-order chi connectivity index (χ1) is 7.57. The van der Waals surface area contributed by atoms with Crippen molar-refractivity contribution in [2.45, 2.75) is 26.2 Å². The molecular formula is C13H16O3. The van der Waals surface area contributed by atoms with Crippen LogP contribution in [-0.2, 0) is 14.3 Å². The Morgan fingerprint density at radius 2 is 2.31 bits per heavy atom. The van der Waals surface area contributed by atoms with Crippen molar-refractivity contribution in [1.82, 2.24) is 0 Å². The first-order valence-electron chi connectivity index (χ1n) is 5.56. The van der Waals surface area contributed by atoms with Gasteiger partial charge in [-0.3, -0.25) is 4.79 Å². The van der Waals surface area contributed by atoms with E-state index in [0.29, 0.717) is 18.4 Å². The summed E-state index contributed by atoms with van der Waals surface area (Å²) in [6.45, 7) is 2.11. The molecular weight excluding hydrogens is 204 g/mol. The number of ketones is 1. The maximum atomic E-state index is 11.6. The van der Waals surface area contributed by atoms with Gasteiger partial charge in [-0.15, -0.1) is 0 Å². The van der Waals surface area contributed by atoms with Gasteiger partial charge in [-0.25, -0.2) is 4.79 Å². The third kappa shape index (κ3) is 1.70. The van der Waals surface area contributed by atoms with Crippen LogP contribution in [0, 0.1) is 11.3 Å². The molecule has 3 nitrogen and oxygen atoms in total. The SMILES string of the molecule is COC(=O)C1=CC=C[C@]2(C)CCC(=O)C[C@H]12. The highest BCUT2D eigenvalue weighted by atomic mass is 16.5. The lowest BCUT2D eigenvalue weighted by Crippen LogP contribution is -2.37. The van der Waals surface area contributed by atoms with E-state index in [-0.39, 0.29) is 23.1 Å². The Labute approximate surface area is 95.2 Å². The van der Waals surface area contributed by atoms with E-state index in [1.807, 2.05) is 6.08 Å². The molecule has 0 unspecified atom stereocenters. The van der Waals surface area contributed by atoms with E-state index in [1.165, 1.54) is 7.11 Å². The molecule has 0 aliphatic heterocycles. The standard InChI is InChI=1S/C13H16O3/c1-13-6-3-4-10(12(15)16-2)11(13)8-9(14)5-7-13/h3-4,6,11H,5,7-8H2,1-2H3/t11-,13-/m1/s1. The predicted octanol–water partition coefficient (Wildman–Crippen LogP) is 2.03. The van der Waals surface area contributed by atoms with E-state index >= 15 is 0 Å². The molecule has 0 radical (unpaired) electrons. The third-order valence-electron chi connectivity index (χ3n) is 3.72. The van der Waals surface area contributed by atoms with Gasteiger partial charge < -0.3 is 4.74 Å². The van der Waals surface area contributed by atoms with Crippen LogP contribution in [0.5, 0.6) is 0 Å². The highest BCUT2D eigenvalue weighted by Gasteiger charge is 2.42. The zero-order valence-corrected chi connectivity index (χ0v) is 9.66. The number of fused-ring (bicyclic) bond motifs is 1. The number of hydrogen-bond acceptors (Lipinski definition) is 3. The minimum absolute atomic E-state index is 0.00815. The number of carbonyl (C=O) groups excluding carboxylic acids is 2. The maximum absolute atomic E-state index is 11.6. The molecule has 0 amide bonds. The van der Waals surface area contributed by atoms with Gasteiger partial charge in [0, 0.05) is 24.3 Å². The fourth-order valence-corrected chi connectivity index (χ4v) is 2.63. The monoisotopic (exact) mass is 220 g/mol. The molecule has 0 aromatic rings. The fourth-order valence-electron chi connectivity index (χ4n) is 2.63. The van der Waals surface area contributed by atoms with Gasteiger partial charge >= 0.3 is 5.97 Å². The largest absolute Gasteiger partial charge is 0.466 e. The topological polar surface area (TPSA) is 43.4 Å². The van der Waals surface area contributed by atoms with Crippen molar-refractivity contribution in [3.63, 3.8) is 0 Å². The van der Waals surface area contributed by atoms with E-state index in [2.05, 4.69) is 13.0 Å². The smallest absolute Gasteiger partial charge is 0.334 e. The Kier molecular flexibility index (Phi) is 2.70. The van der Waals surface area contributed by atoms with Crippen molar-refractivity contribution in [2.24, 2.45) is 11.3 Å². The van der Waals surface area contributed by atoms with E-state index in [0.717, 1.165) is 6.42 Å². The summed E-state index contributed by atoms with van der Waals surface area (Å²) in [6.07, 6.45) is 7.68. The summed E-state index contributed by atoms with van der Waals surface area (Å²) in [5.41, 5.74) is 0.576. The molecule has 16 heavy (non-hydrogen) atoms. The molecule has 0 saturated heterocycles. The van der Waals surface area contributed by atoms with Crippen molar-refractivity contribution >= 4 is 11.8 Å². The van der Waals surface area contributed by atoms with Crippen LogP contribution in [-0.4, -0.2) is 18.9 Å². The summed E-state index contributed by atoms with van der Waals surface area (Å²) in [6, 6.07) is 0. The molecule has 0 N–H and O–H groups in total. The number of rotatable bonds is 1. The van der Waals surface area contributed by atoms with E-state index in [4.69, 9.17) is 4.74 Å². The Hall–Kier alpha value is -1.38. The molecule has 3 heteroatoms. The highest BCUT2D eigenvalue weighted by molar-refractivity contribution is 5.92. The molecule has 2 aliphatic rings. The van der Waals surface area contributed by atoms with Gasteiger partial charge in [-0.05, 0) is 11.8 Å². The second kappa shape index (κ2) is 3.89. The minimum Gasteiger partial charge on any atom is -0.466 e. The average Bonchev–Trinajstić information content (AvgIpc) is 2.28. The summed E-state index contributed by atoms with van der Waals surface area (Å²) in [4.78, 5) is 23.1. The van der Waals surface area contributed by atoms with Crippen LogP contribution in [0.4, 0.5) is 0 Å². The van der Waals surface area contributed by atoms with Crippen molar-refractivity contribution in [2.75, 3.05) is 7.11 Å². The number of Topliss-reactive ketones (excluding diaryl/α,β-unsaturated/α-hetero) is 1. The van der Waals surface area contributed by atoms with Crippen molar-refractivity contribution < 1.29 is 14.3 Å². The normalized spacial score (nSPS) is 33.0. The number of methoxy groups -OCH3 is 1. The van der Waals surface area contributed by atoms with E-state index in [1.54, 1.807) is 6.08 Å². The zero-order chi connectivity index (χ0) is 11.8.